The lowest BCUT2D eigenvalue weighted by Crippen LogP contribution is -2.53. The van der Waals surface area contributed by atoms with Crippen LogP contribution in [-0.2, 0) is 24.7 Å². The van der Waals surface area contributed by atoms with Crippen molar-refractivity contribution in [1.29, 1.82) is 0 Å². The fourth-order valence-corrected chi connectivity index (χ4v) is 4.26. The molecule has 0 heterocycles. The number of carbonyl (C=O) groups is 4. The van der Waals surface area contributed by atoms with E-state index in [4.69, 9.17) is 5.11 Å². The minimum absolute atomic E-state index is 0.155. The van der Waals surface area contributed by atoms with Crippen molar-refractivity contribution in [3.8, 4) is 0 Å². The maximum Gasteiger partial charge on any atom is 0.326 e. The minimum atomic E-state index is -1.38. The summed E-state index contributed by atoms with van der Waals surface area (Å²) in [5.74, 6) is -3.72. The van der Waals surface area contributed by atoms with Crippen molar-refractivity contribution in [2.45, 2.75) is 37.4 Å². The molecule has 9 nitrogen and oxygen atoms in total. The van der Waals surface area contributed by atoms with Gasteiger partial charge >= 0.3 is 11.9 Å². The van der Waals surface area contributed by atoms with E-state index < -0.39 is 47.8 Å². The third kappa shape index (κ3) is 7.04. The van der Waals surface area contributed by atoms with E-state index in [0.29, 0.717) is 0 Å². The Morgan fingerprint density at radius 3 is 1.58 bits per heavy atom. The Hall–Kier alpha value is -4.50. The smallest absolute Gasteiger partial charge is 0.326 e. The molecule has 38 heavy (non-hydrogen) atoms. The molecule has 0 saturated carbocycles. The van der Waals surface area contributed by atoms with Gasteiger partial charge in [0.2, 0.25) is 11.8 Å². The Labute approximate surface area is 220 Å². The quantitative estimate of drug-likeness (QED) is 0.219. The summed E-state index contributed by atoms with van der Waals surface area (Å²) < 4.78 is 0. The molecule has 2 amide bonds. The van der Waals surface area contributed by atoms with Crippen molar-refractivity contribution in [3.05, 3.63) is 108 Å². The summed E-state index contributed by atoms with van der Waals surface area (Å²) >= 11 is 0. The van der Waals surface area contributed by atoms with Crippen molar-refractivity contribution in [3.63, 3.8) is 0 Å². The van der Waals surface area contributed by atoms with E-state index in [-0.39, 0.29) is 13.0 Å². The third-order valence-corrected chi connectivity index (χ3v) is 6.17. The zero-order valence-electron chi connectivity index (χ0n) is 21.0. The molecule has 0 aromatic heterocycles. The van der Waals surface area contributed by atoms with Gasteiger partial charge in [-0.1, -0.05) is 91.0 Å². The van der Waals surface area contributed by atoms with Gasteiger partial charge in [0.15, 0.2) is 0 Å². The highest BCUT2D eigenvalue weighted by molar-refractivity contribution is 5.90. The van der Waals surface area contributed by atoms with Crippen LogP contribution in [-0.4, -0.2) is 52.6 Å². The summed E-state index contributed by atoms with van der Waals surface area (Å²) in [5.41, 5.74) is 1.87. The summed E-state index contributed by atoms with van der Waals surface area (Å²) in [6, 6.07) is 26.7. The zero-order valence-corrected chi connectivity index (χ0v) is 21.0. The monoisotopic (exact) mass is 517 g/mol. The second kappa shape index (κ2) is 13.2. The number of nitrogens with one attached hydrogen (secondary N) is 3. The molecular weight excluding hydrogens is 486 g/mol. The number of hydrogen-bond acceptors (Lipinski definition) is 5. The van der Waals surface area contributed by atoms with E-state index in [0.717, 1.165) is 16.7 Å². The maximum atomic E-state index is 13.0. The van der Waals surface area contributed by atoms with Crippen LogP contribution in [0.3, 0.4) is 0 Å². The fraction of sp³-hybridized carbons (Fsp3) is 0.241. The summed E-state index contributed by atoms with van der Waals surface area (Å²) in [4.78, 5) is 47.7. The second-order valence-electron chi connectivity index (χ2n) is 8.82. The molecule has 2 atom stereocenters. The van der Waals surface area contributed by atoms with Crippen LogP contribution in [0.25, 0.3) is 0 Å². The number of carbonyl (C=O) groups excluding carboxylic acids is 2. The molecule has 0 aliphatic heterocycles. The largest absolute Gasteiger partial charge is 0.481 e. The Bertz CT molecular complexity index is 1140. The van der Waals surface area contributed by atoms with Gasteiger partial charge in [0.25, 0.3) is 0 Å². The molecule has 3 rings (SSSR count). The van der Waals surface area contributed by atoms with Crippen LogP contribution in [0, 0.1) is 0 Å². The topological polar surface area (TPSA) is 145 Å². The average molecular weight is 518 g/mol. The first-order valence-electron chi connectivity index (χ1n) is 12.2. The van der Waals surface area contributed by atoms with Gasteiger partial charge in [-0.05, 0) is 30.0 Å². The van der Waals surface area contributed by atoms with Crippen LogP contribution in [0.15, 0.2) is 91.0 Å². The van der Waals surface area contributed by atoms with Gasteiger partial charge in [-0.2, -0.15) is 0 Å². The minimum Gasteiger partial charge on any atom is -0.481 e. The molecule has 0 bridgehead atoms. The van der Waals surface area contributed by atoms with E-state index in [1.165, 1.54) is 6.92 Å². The molecule has 198 valence electrons. The van der Waals surface area contributed by atoms with Crippen LogP contribution >= 0.6 is 0 Å². The van der Waals surface area contributed by atoms with Crippen molar-refractivity contribution < 1.29 is 29.4 Å². The predicted molar refractivity (Wildman–Crippen MR) is 141 cm³/mol. The number of carboxylic acid groups (broad SMARTS) is 2. The molecule has 9 heteroatoms. The summed E-state index contributed by atoms with van der Waals surface area (Å²) in [6.45, 7) is 1.28. The number of benzene rings is 3. The lowest BCUT2D eigenvalue weighted by Gasteiger charge is -2.37. The summed E-state index contributed by atoms with van der Waals surface area (Å²) in [6.07, 6.45) is -0.686. The Balaban J connectivity index is 1.80. The molecule has 0 fully saturated rings. The van der Waals surface area contributed by atoms with Crippen LogP contribution < -0.4 is 16.0 Å². The standard InChI is InChI=1S/C29H31N3O6/c1-20(27(36)32-24(28(37)38)17-18-26(34)35)31-25(33)19-30-29(21-11-5-2-6-12-21,22-13-7-3-8-14-22)23-15-9-4-10-16-23/h2-16,20,24,30H,17-19H2,1H3,(H,31,33)(H,32,36)(H,34,35)(H,37,38)/t20-,24-/m0/s1. The number of hydrogen-bond donors (Lipinski definition) is 5. The molecule has 5 N–H and O–H groups in total. The van der Waals surface area contributed by atoms with Crippen LogP contribution in [0.5, 0.6) is 0 Å². The first-order chi connectivity index (χ1) is 18.2. The molecular formula is C29H31N3O6. The highest BCUT2D eigenvalue weighted by Gasteiger charge is 2.36. The molecule has 0 radical (unpaired) electrons. The SMILES string of the molecule is C[C@H](NC(=O)CNC(c1ccccc1)(c1ccccc1)c1ccccc1)C(=O)N[C@@H](CCC(=O)O)C(=O)O. The van der Waals surface area contributed by atoms with Crippen molar-refractivity contribution >= 4 is 23.8 Å². The van der Waals surface area contributed by atoms with E-state index in [1.807, 2.05) is 91.0 Å². The first kappa shape index (κ1) is 28.1. The van der Waals surface area contributed by atoms with E-state index in [2.05, 4.69) is 16.0 Å². The van der Waals surface area contributed by atoms with Crippen LogP contribution in [0.2, 0.25) is 0 Å². The highest BCUT2D eigenvalue weighted by atomic mass is 16.4. The lowest BCUT2D eigenvalue weighted by atomic mass is 9.77. The summed E-state index contributed by atoms with van der Waals surface area (Å²) in [7, 11) is 0. The van der Waals surface area contributed by atoms with Gasteiger partial charge in [-0.3, -0.25) is 19.7 Å². The third-order valence-electron chi connectivity index (χ3n) is 6.17. The normalized spacial score (nSPS) is 12.7. The molecule has 3 aromatic carbocycles. The molecule has 3 aromatic rings. The van der Waals surface area contributed by atoms with Crippen molar-refractivity contribution in [2.75, 3.05) is 6.54 Å². The second-order valence-corrected chi connectivity index (χ2v) is 8.82. The highest BCUT2D eigenvalue weighted by Crippen LogP contribution is 2.36. The number of amides is 2. The Morgan fingerprint density at radius 1 is 0.737 bits per heavy atom. The Morgan fingerprint density at radius 2 is 1.18 bits per heavy atom. The molecule has 0 unspecified atom stereocenters. The van der Waals surface area contributed by atoms with E-state index in [9.17, 15) is 24.3 Å². The first-order valence-corrected chi connectivity index (χ1v) is 12.2. The van der Waals surface area contributed by atoms with Crippen molar-refractivity contribution in [1.82, 2.24) is 16.0 Å². The number of carboxylic acids is 2. The molecule has 0 spiro atoms. The number of aliphatic carboxylic acids is 2. The van der Waals surface area contributed by atoms with E-state index >= 15 is 0 Å². The van der Waals surface area contributed by atoms with Crippen LogP contribution in [0.1, 0.15) is 36.5 Å². The van der Waals surface area contributed by atoms with Gasteiger partial charge in [0, 0.05) is 6.42 Å². The van der Waals surface area contributed by atoms with Gasteiger partial charge in [-0.15, -0.1) is 0 Å². The maximum absolute atomic E-state index is 13.0. The van der Waals surface area contributed by atoms with E-state index in [1.54, 1.807) is 0 Å². The van der Waals surface area contributed by atoms with Gasteiger partial charge in [0.1, 0.15) is 12.1 Å². The van der Waals surface area contributed by atoms with Crippen molar-refractivity contribution in [2.24, 2.45) is 0 Å². The Kier molecular flexibility index (Phi) is 9.72. The molecule has 0 aliphatic rings. The number of rotatable bonds is 13. The predicted octanol–water partition coefficient (Wildman–Crippen LogP) is 2.51. The fourth-order valence-electron chi connectivity index (χ4n) is 4.26. The van der Waals surface area contributed by atoms with Gasteiger partial charge < -0.3 is 20.8 Å². The zero-order chi connectivity index (χ0) is 27.5. The molecule has 0 saturated heterocycles. The van der Waals surface area contributed by atoms with Crippen LogP contribution in [0.4, 0.5) is 0 Å². The summed E-state index contributed by atoms with van der Waals surface area (Å²) in [5, 5.41) is 26.4. The lowest BCUT2D eigenvalue weighted by molar-refractivity contribution is -0.143. The average Bonchev–Trinajstić information content (AvgIpc) is 2.92. The van der Waals surface area contributed by atoms with Gasteiger partial charge in [0.05, 0.1) is 12.1 Å². The molecule has 0 aliphatic carbocycles. The van der Waals surface area contributed by atoms with Gasteiger partial charge in [-0.25, -0.2) is 4.79 Å².